The first-order valence-corrected chi connectivity index (χ1v) is 12.4. The molecule has 0 spiro atoms. The van der Waals surface area contributed by atoms with Crippen molar-refractivity contribution in [3.05, 3.63) is 60.1 Å². The van der Waals surface area contributed by atoms with Crippen LogP contribution in [0.3, 0.4) is 0 Å². The van der Waals surface area contributed by atoms with Crippen LogP contribution in [-0.4, -0.2) is 71.2 Å². The molecule has 1 aromatic carbocycles. The van der Waals surface area contributed by atoms with Gasteiger partial charge in [0.25, 0.3) is 11.8 Å². The van der Waals surface area contributed by atoms with Gasteiger partial charge in [0.15, 0.2) is 16.3 Å². The largest absolute Gasteiger partial charge is 1.00 e. The Morgan fingerprint density at radius 2 is 1.95 bits per heavy atom. The maximum Gasteiger partial charge on any atom is 1.00 e. The van der Waals surface area contributed by atoms with Crippen LogP contribution in [0.25, 0.3) is 0 Å². The molecule has 13 nitrogen and oxygen atoms in total. The van der Waals surface area contributed by atoms with Crippen molar-refractivity contribution in [2.45, 2.75) is 37.6 Å². The van der Waals surface area contributed by atoms with E-state index in [0.29, 0.717) is 29.8 Å². The Balaban J connectivity index is 0.00000380. The van der Waals surface area contributed by atoms with E-state index < -0.39 is 58.8 Å². The van der Waals surface area contributed by atoms with Gasteiger partial charge in [-0.2, -0.15) is 0 Å². The Morgan fingerprint density at radius 3 is 2.51 bits per heavy atom. The third kappa shape index (κ3) is 6.58. The zero-order valence-electron chi connectivity index (χ0n) is 19.9. The van der Waals surface area contributed by atoms with Gasteiger partial charge >= 0.3 is 35.7 Å². The number of carbonyl (C=O) groups excluding carboxylic acids is 4. The maximum absolute atomic E-state index is 13.4. The summed E-state index contributed by atoms with van der Waals surface area (Å²) in [7, 11) is -5.02. The van der Waals surface area contributed by atoms with Crippen LogP contribution in [0.4, 0.5) is 4.79 Å². The number of imide groups is 1. The van der Waals surface area contributed by atoms with Crippen LogP contribution in [0.2, 0.25) is 0 Å². The van der Waals surface area contributed by atoms with Crippen LogP contribution in [0.1, 0.15) is 30.2 Å². The molecular formula is C22H23N4NaO9S. The van der Waals surface area contributed by atoms with Crippen molar-refractivity contribution in [3.63, 3.8) is 0 Å². The fourth-order valence-electron chi connectivity index (χ4n) is 3.95. The van der Waals surface area contributed by atoms with E-state index in [1.54, 1.807) is 30.3 Å². The molecule has 3 heterocycles. The van der Waals surface area contributed by atoms with Crippen molar-refractivity contribution in [2.75, 3.05) is 13.1 Å². The standard InChI is InChI=1S/C22H24N4O9S.Na/c27-19(24-16-12-25(20(16)28)36(31,32)33)18(17-9-5-11-34-17)26(21(29)15-8-4-10-23-15)22(30)35-13-14-6-2-1-3-7-14;/h1-3,5-7,9,11,15-16,18,23H,4,8,10,12-13H2,(H,24,27)(H,31,32,33);/q;+1/p-1/t15-,16?,18?;/m0./s1. The predicted molar refractivity (Wildman–Crippen MR) is 119 cm³/mol. The van der Waals surface area contributed by atoms with Crippen molar-refractivity contribution in [2.24, 2.45) is 0 Å². The van der Waals surface area contributed by atoms with Gasteiger partial charge in [0.2, 0.25) is 5.91 Å². The average molecular weight is 543 g/mol. The monoisotopic (exact) mass is 542 g/mol. The molecule has 2 aromatic rings. The molecule has 0 bridgehead atoms. The molecule has 4 rings (SSSR count). The Kier molecular flexibility index (Phi) is 9.50. The van der Waals surface area contributed by atoms with Gasteiger partial charge in [-0.1, -0.05) is 30.3 Å². The number of nitrogens with one attached hydrogen (secondary N) is 2. The van der Waals surface area contributed by atoms with E-state index in [0.717, 1.165) is 0 Å². The normalized spacial score (nSPS) is 19.8. The molecule has 37 heavy (non-hydrogen) atoms. The number of carbonyl (C=O) groups is 4. The van der Waals surface area contributed by atoms with E-state index in [1.165, 1.54) is 18.4 Å². The molecule has 2 aliphatic heterocycles. The summed E-state index contributed by atoms with van der Waals surface area (Å²) in [6, 6.07) is 7.76. The summed E-state index contributed by atoms with van der Waals surface area (Å²) in [6.45, 7) is -0.208. The molecule has 2 saturated heterocycles. The van der Waals surface area contributed by atoms with Crippen molar-refractivity contribution in [3.8, 4) is 0 Å². The molecule has 0 radical (unpaired) electrons. The van der Waals surface area contributed by atoms with Gasteiger partial charge < -0.3 is 24.3 Å². The second kappa shape index (κ2) is 12.2. The predicted octanol–water partition coefficient (Wildman–Crippen LogP) is -2.97. The molecule has 1 aromatic heterocycles. The molecule has 2 aliphatic rings. The summed E-state index contributed by atoms with van der Waals surface area (Å²) >= 11 is 0. The summed E-state index contributed by atoms with van der Waals surface area (Å²) in [5.74, 6) is -2.94. The first kappa shape index (κ1) is 28.8. The molecule has 4 amide bonds. The first-order valence-electron chi connectivity index (χ1n) is 11.0. The number of hydrogen-bond acceptors (Lipinski definition) is 10. The van der Waals surface area contributed by atoms with E-state index in [4.69, 9.17) is 9.15 Å². The SMILES string of the molecule is O=C(NC1CN(S(=O)(=O)[O-])C1=O)C(c1ccco1)N(C(=O)OCc1ccccc1)C(=O)[C@@H]1CCCN1.[Na+]. The summed E-state index contributed by atoms with van der Waals surface area (Å²) in [5.41, 5.74) is 0.648. The minimum absolute atomic E-state index is 0. The van der Waals surface area contributed by atoms with E-state index in [1.807, 2.05) is 0 Å². The van der Waals surface area contributed by atoms with Gasteiger partial charge in [0.1, 0.15) is 18.4 Å². The molecule has 2 unspecified atom stereocenters. The number of hydrogen-bond donors (Lipinski definition) is 2. The van der Waals surface area contributed by atoms with Crippen LogP contribution < -0.4 is 40.2 Å². The van der Waals surface area contributed by atoms with Crippen molar-refractivity contribution >= 4 is 34.1 Å². The van der Waals surface area contributed by atoms with Crippen LogP contribution in [0, 0.1) is 0 Å². The second-order valence-electron chi connectivity index (χ2n) is 8.20. The number of rotatable bonds is 8. The number of benzene rings is 1. The Hall–Kier alpha value is -2.75. The number of ether oxygens (including phenoxy) is 1. The van der Waals surface area contributed by atoms with E-state index >= 15 is 0 Å². The number of furan rings is 1. The Morgan fingerprint density at radius 1 is 1.22 bits per heavy atom. The Bertz CT molecular complexity index is 1230. The third-order valence-corrected chi connectivity index (χ3v) is 6.66. The van der Waals surface area contributed by atoms with Gasteiger partial charge in [0, 0.05) is 0 Å². The zero-order valence-corrected chi connectivity index (χ0v) is 22.7. The van der Waals surface area contributed by atoms with Crippen LogP contribution in [-0.2, 0) is 36.0 Å². The smallest absolute Gasteiger partial charge is 0.731 e. The van der Waals surface area contributed by atoms with Crippen LogP contribution in [0.5, 0.6) is 0 Å². The Labute approximate surface area is 234 Å². The number of nitrogens with zero attached hydrogens (tertiary/aromatic N) is 2. The van der Waals surface area contributed by atoms with Crippen LogP contribution >= 0.6 is 0 Å². The molecular weight excluding hydrogens is 519 g/mol. The molecule has 15 heteroatoms. The first-order chi connectivity index (χ1) is 17.2. The van der Waals surface area contributed by atoms with E-state index in [9.17, 15) is 32.1 Å². The van der Waals surface area contributed by atoms with Gasteiger partial charge in [-0.05, 0) is 37.1 Å². The number of β-lactam (4-membered cyclic amide) rings is 1. The zero-order chi connectivity index (χ0) is 25.9. The molecule has 0 saturated carbocycles. The van der Waals surface area contributed by atoms with Gasteiger partial charge in [-0.3, -0.25) is 14.4 Å². The van der Waals surface area contributed by atoms with Crippen LogP contribution in [0.15, 0.2) is 53.1 Å². The molecule has 192 valence electrons. The van der Waals surface area contributed by atoms with E-state index in [2.05, 4.69) is 10.6 Å². The second-order valence-corrected chi connectivity index (χ2v) is 9.50. The molecule has 2 N–H and O–H groups in total. The van der Waals surface area contributed by atoms with E-state index in [-0.39, 0.29) is 46.2 Å². The van der Waals surface area contributed by atoms with Gasteiger partial charge in [-0.25, -0.2) is 22.4 Å². The summed E-state index contributed by atoms with van der Waals surface area (Å²) in [4.78, 5) is 52.6. The van der Waals surface area contributed by atoms with Gasteiger partial charge in [-0.15, -0.1) is 0 Å². The quantitative estimate of drug-likeness (QED) is 0.199. The average Bonchev–Trinajstić information content (AvgIpc) is 3.57. The van der Waals surface area contributed by atoms with Crippen molar-refractivity contribution < 1.29 is 70.9 Å². The van der Waals surface area contributed by atoms with Crippen molar-refractivity contribution in [1.82, 2.24) is 19.8 Å². The summed E-state index contributed by atoms with van der Waals surface area (Å²) in [6.07, 6.45) is 1.22. The molecule has 0 aliphatic carbocycles. The minimum atomic E-state index is -5.02. The molecule has 2 fully saturated rings. The van der Waals surface area contributed by atoms with Crippen molar-refractivity contribution in [1.29, 1.82) is 0 Å². The minimum Gasteiger partial charge on any atom is -0.731 e. The number of amides is 4. The third-order valence-electron chi connectivity index (χ3n) is 5.80. The topological polar surface area (TPSA) is 178 Å². The maximum atomic E-state index is 13.4. The van der Waals surface area contributed by atoms with Gasteiger partial charge in [0.05, 0.1) is 18.8 Å². The summed E-state index contributed by atoms with van der Waals surface area (Å²) in [5, 5.41) is 5.27. The summed E-state index contributed by atoms with van der Waals surface area (Å²) < 4.78 is 44.1. The fraction of sp³-hybridized carbons (Fsp3) is 0.364. The molecule has 3 atom stereocenters. The fourth-order valence-corrected chi connectivity index (χ4v) is 4.63.